The maximum atomic E-state index is 14.4. The smallest absolute Gasteiger partial charge is 0.397 e. The number of fused-ring (bicyclic) bond motifs is 1. The van der Waals surface area contributed by atoms with Crippen LogP contribution < -0.4 is 5.32 Å². The summed E-state index contributed by atoms with van der Waals surface area (Å²) in [6, 6.07) is 1.02. The first-order valence-corrected chi connectivity index (χ1v) is 8.69. The largest absolute Gasteiger partial charge is 0.458 e. The molecule has 2 aromatic heterocycles. The van der Waals surface area contributed by atoms with Crippen LogP contribution in [0.4, 0.5) is 23.5 Å². The molecule has 0 amide bonds. The van der Waals surface area contributed by atoms with Crippen molar-refractivity contribution < 1.29 is 31.8 Å². The molecule has 3 atom stereocenters. The van der Waals surface area contributed by atoms with E-state index in [0.717, 1.165) is 17.6 Å². The fraction of sp³-hybridized carbons (Fsp3) is 0.529. The van der Waals surface area contributed by atoms with Gasteiger partial charge in [0.15, 0.2) is 5.82 Å². The first kappa shape index (κ1) is 20.8. The van der Waals surface area contributed by atoms with Crippen molar-refractivity contribution in [1.82, 2.24) is 14.6 Å². The van der Waals surface area contributed by atoms with Crippen LogP contribution in [0, 0.1) is 17.1 Å². The molecule has 3 heterocycles. The molecule has 1 fully saturated rings. The number of ether oxygens (including phenoxy) is 2. The molecule has 1 aliphatic rings. The van der Waals surface area contributed by atoms with Gasteiger partial charge in [0.2, 0.25) is 5.95 Å². The van der Waals surface area contributed by atoms with Gasteiger partial charge in [-0.2, -0.15) is 18.4 Å². The first-order valence-electron chi connectivity index (χ1n) is 8.69. The highest BCUT2D eigenvalue weighted by Gasteiger charge is 2.42. The monoisotopic (exact) mass is 415 g/mol. The van der Waals surface area contributed by atoms with Crippen LogP contribution in [0.3, 0.4) is 0 Å². The Labute approximate surface area is 162 Å². The minimum Gasteiger partial charge on any atom is -0.458 e. The lowest BCUT2D eigenvalue weighted by Crippen LogP contribution is -2.44. The van der Waals surface area contributed by atoms with Gasteiger partial charge in [0.25, 0.3) is 0 Å². The second kappa shape index (κ2) is 7.82. The number of anilines is 1. The number of halogens is 4. The number of hydrogen-bond acceptors (Lipinski definition) is 7. The molecule has 0 aliphatic carbocycles. The zero-order chi connectivity index (χ0) is 21.3. The molecule has 1 saturated heterocycles. The summed E-state index contributed by atoms with van der Waals surface area (Å²) in [5.41, 5.74) is -1.69. The Morgan fingerprint density at radius 3 is 2.86 bits per heavy atom. The number of nitriles is 1. The fourth-order valence-electron chi connectivity index (χ4n) is 3.13. The van der Waals surface area contributed by atoms with Gasteiger partial charge in [0.1, 0.15) is 23.3 Å². The van der Waals surface area contributed by atoms with Crippen molar-refractivity contribution >= 4 is 17.4 Å². The van der Waals surface area contributed by atoms with Crippen LogP contribution in [-0.2, 0) is 14.3 Å². The Balaban J connectivity index is 2.01. The second-order valence-corrected chi connectivity index (χ2v) is 6.59. The van der Waals surface area contributed by atoms with Gasteiger partial charge < -0.3 is 14.8 Å². The standard InChI is InChI=1S/C17H17F4N5O3/c1-8(17(19,20)21)15-10(5-22)14(18)12-6-23-16(25-26(12)15)24-11-3-4-28-7-13(11)29-9(2)27/h6,8,11,13H,3-4,7H2,1-2H3,(H,24,25)/t8?,11-,13-/m1/s1. The molecule has 1 N–H and O–H groups in total. The Bertz CT molecular complexity index is 969. The van der Waals surface area contributed by atoms with E-state index in [0.29, 0.717) is 13.0 Å². The molecule has 8 nitrogen and oxygen atoms in total. The van der Waals surface area contributed by atoms with E-state index < -0.39 is 47.3 Å². The highest BCUT2D eigenvalue weighted by molar-refractivity contribution is 5.66. The maximum absolute atomic E-state index is 14.4. The second-order valence-electron chi connectivity index (χ2n) is 6.59. The highest BCUT2D eigenvalue weighted by Crippen LogP contribution is 2.38. The van der Waals surface area contributed by atoms with Gasteiger partial charge in [-0.3, -0.25) is 4.79 Å². The zero-order valence-corrected chi connectivity index (χ0v) is 15.5. The summed E-state index contributed by atoms with van der Waals surface area (Å²) in [5.74, 6) is -3.87. The number of carbonyl (C=O) groups is 1. The first-order chi connectivity index (χ1) is 13.6. The van der Waals surface area contributed by atoms with Gasteiger partial charge in [-0.25, -0.2) is 13.9 Å². The van der Waals surface area contributed by atoms with Gasteiger partial charge in [0, 0.05) is 13.5 Å². The van der Waals surface area contributed by atoms with Gasteiger partial charge >= 0.3 is 12.1 Å². The van der Waals surface area contributed by atoms with E-state index in [-0.39, 0.29) is 18.1 Å². The van der Waals surface area contributed by atoms with Crippen LogP contribution in [0.1, 0.15) is 37.4 Å². The van der Waals surface area contributed by atoms with Crippen LogP contribution in [0.5, 0.6) is 0 Å². The van der Waals surface area contributed by atoms with Crippen LogP contribution in [0.25, 0.3) is 5.52 Å². The molecule has 0 radical (unpaired) electrons. The molecule has 2 aromatic rings. The lowest BCUT2D eigenvalue weighted by molar-refractivity contribution is -0.153. The lowest BCUT2D eigenvalue weighted by atomic mass is 10.0. The van der Waals surface area contributed by atoms with Crippen molar-refractivity contribution in [1.29, 1.82) is 5.26 Å². The number of hydrogen-bond donors (Lipinski definition) is 1. The van der Waals surface area contributed by atoms with Crippen molar-refractivity contribution in [3.63, 3.8) is 0 Å². The minimum absolute atomic E-state index is 0.100. The quantitative estimate of drug-likeness (QED) is 0.605. The molecule has 0 spiro atoms. The van der Waals surface area contributed by atoms with Crippen molar-refractivity contribution in [3.8, 4) is 6.07 Å². The van der Waals surface area contributed by atoms with E-state index in [4.69, 9.17) is 14.7 Å². The summed E-state index contributed by atoms with van der Waals surface area (Å²) in [5, 5.41) is 16.0. The molecule has 156 valence electrons. The summed E-state index contributed by atoms with van der Waals surface area (Å²) in [4.78, 5) is 15.2. The van der Waals surface area contributed by atoms with Crippen LogP contribution >= 0.6 is 0 Å². The highest BCUT2D eigenvalue weighted by atomic mass is 19.4. The van der Waals surface area contributed by atoms with E-state index in [1.165, 1.54) is 13.0 Å². The maximum Gasteiger partial charge on any atom is 0.397 e. The number of nitrogens with zero attached hydrogens (tertiary/aromatic N) is 4. The molecule has 0 aromatic carbocycles. The molecule has 0 bridgehead atoms. The molecular formula is C17H17F4N5O3. The Morgan fingerprint density at radius 1 is 1.52 bits per heavy atom. The fourth-order valence-corrected chi connectivity index (χ4v) is 3.13. The SMILES string of the molecule is CC(=O)O[C@@H]1COCC[C@H]1Nc1ncc2c(F)c(C#N)c(C(C)C(F)(F)F)n2n1. The molecule has 12 heteroatoms. The Kier molecular flexibility index (Phi) is 5.61. The lowest BCUT2D eigenvalue weighted by Gasteiger charge is -2.31. The van der Waals surface area contributed by atoms with Crippen LogP contribution in [0.2, 0.25) is 0 Å². The third-order valence-corrected chi connectivity index (χ3v) is 4.61. The van der Waals surface area contributed by atoms with E-state index in [9.17, 15) is 22.4 Å². The van der Waals surface area contributed by atoms with Gasteiger partial charge in [-0.15, -0.1) is 5.10 Å². The number of esters is 1. The van der Waals surface area contributed by atoms with Crippen molar-refractivity contribution in [2.24, 2.45) is 0 Å². The molecule has 3 rings (SSSR count). The van der Waals surface area contributed by atoms with Crippen molar-refractivity contribution in [3.05, 3.63) is 23.3 Å². The molecule has 29 heavy (non-hydrogen) atoms. The van der Waals surface area contributed by atoms with E-state index in [1.807, 2.05) is 0 Å². The van der Waals surface area contributed by atoms with E-state index in [2.05, 4.69) is 15.4 Å². The topological polar surface area (TPSA) is 102 Å². The number of carbonyl (C=O) groups excluding carboxylic acids is 1. The average Bonchev–Trinajstić information content (AvgIpc) is 2.92. The van der Waals surface area contributed by atoms with Gasteiger partial charge in [0.05, 0.1) is 30.5 Å². The van der Waals surface area contributed by atoms with Crippen molar-refractivity contribution in [2.45, 2.75) is 44.5 Å². The Morgan fingerprint density at radius 2 is 2.24 bits per heavy atom. The Hall–Kier alpha value is -2.94. The predicted octanol–water partition coefficient (Wildman–Crippen LogP) is 2.54. The molecule has 1 aliphatic heterocycles. The number of nitrogens with one attached hydrogen (secondary N) is 1. The number of alkyl halides is 3. The molecular weight excluding hydrogens is 398 g/mol. The van der Waals surface area contributed by atoms with Crippen LogP contribution in [0.15, 0.2) is 6.20 Å². The molecule has 1 unspecified atom stereocenters. The third kappa shape index (κ3) is 4.09. The summed E-state index contributed by atoms with van der Waals surface area (Å²) >= 11 is 0. The van der Waals surface area contributed by atoms with Gasteiger partial charge in [-0.1, -0.05) is 0 Å². The van der Waals surface area contributed by atoms with Gasteiger partial charge in [-0.05, 0) is 13.3 Å². The van der Waals surface area contributed by atoms with Crippen LogP contribution in [-0.4, -0.2) is 52.1 Å². The summed E-state index contributed by atoms with van der Waals surface area (Å²) in [6.45, 7) is 2.56. The summed E-state index contributed by atoms with van der Waals surface area (Å²) in [7, 11) is 0. The average molecular weight is 415 g/mol. The number of aromatic nitrogens is 3. The van der Waals surface area contributed by atoms with Crippen molar-refractivity contribution in [2.75, 3.05) is 18.5 Å². The number of rotatable bonds is 4. The predicted molar refractivity (Wildman–Crippen MR) is 90.5 cm³/mol. The van der Waals surface area contributed by atoms with E-state index in [1.54, 1.807) is 0 Å². The zero-order valence-electron chi connectivity index (χ0n) is 15.5. The molecule has 0 saturated carbocycles. The van der Waals surface area contributed by atoms with E-state index >= 15 is 0 Å². The third-order valence-electron chi connectivity index (χ3n) is 4.61. The summed E-state index contributed by atoms with van der Waals surface area (Å²) in [6.07, 6.45) is -3.93. The minimum atomic E-state index is -4.70. The summed E-state index contributed by atoms with van der Waals surface area (Å²) < 4.78 is 65.4. The normalized spacial score (nSPS) is 20.9.